The zero-order valence-electron chi connectivity index (χ0n) is 13.7. The molecule has 0 spiro atoms. The number of hydrogen-bond acceptors (Lipinski definition) is 6. The average molecular weight is 350 g/mol. The number of benzene rings is 1. The Hall–Kier alpha value is -1.90. The fourth-order valence-electron chi connectivity index (χ4n) is 3.28. The summed E-state index contributed by atoms with van der Waals surface area (Å²) in [6.45, 7) is 6.96. The van der Waals surface area contributed by atoms with Gasteiger partial charge in [-0.25, -0.2) is 0 Å². The van der Waals surface area contributed by atoms with Crippen LogP contribution >= 0.6 is 12.2 Å². The molecule has 2 aliphatic rings. The van der Waals surface area contributed by atoms with Gasteiger partial charge in [0.15, 0.2) is 18.2 Å². The highest BCUT2D eigenvalue weighted by molar-refractivity contribution is 7.71. The predicted molar refractivity (Wildman–Crippen MR) is 87.6 cm³/mol. The molecule has 24 heavy (non-hydrogen) atoms. The molecule has 0 unspecified atom stereocenters. The van der Waals surface area contributed by atoms with Gasteiger partial charge in [0.2, 0.25) is 12.7 Å². The summed E-state index contributed by atoms with van der Waals surface area (Å²) in [5.41, 5.74) is 0.822. The van der Waals surface area contributed by atoms with Gasteiger partial charge in [-0.1, -0.05) is 0 Å². The fourth-order valence-corrected chi connectivity index (χ4v) is 3.47. The quantitative estimate of drug-likeness (QED) is 0.841. The minimum Gasteiger partial charge on any atom is -0.454 e. The smallest absolute Gasteiger partial charge is 0.292 e. The molecule has 128 valence electrons. The van der Waals surface area contributed by atoms with Crippen LogP contribution in [0.4, 0.5) is 0 Å². The van der Waals surface area contributed by atoms with Gasteiger partial charge in [-0.15, -0.1) is 5.10 Å². The molecule has 1 aromatic carbocycles. The SMILES string of the molecule is C[C@@H]1C[NH+](Cn2nc(-c3ccc4c(c3)OCO4)oc2=S)C[C@@H](C)O1. The number of nitrogens with one attached hydrogen (secondary N) is 1. The van der Waals surface area contributed by atoms with Gasteiger partial charge in [0.25, 0.3) is 4.84 Å². The number of ether oxygens (including phenoxy) is 3. The van der Waals surface area contributed by atoms with E-state index in [9.17, 15) is 0 Å². The van der Waals surface area contributed by atoms with Gasteiger partial charge < -0.3 is 23.5 Å². The van der Waals surface area contributed by atoms with Crippen LogP contribution in [0.25, 0.3) is 11.5 Å². The summed E-state index contributed by atoms with van der Waals surface area (Å²) >= 11 is 5.33. The third-order valence-electron chi connectivity index (χ3n) is 4.22. The third-order valence-corrected chi connectivity index (χ3v) is 4.51. The van der Waals surface area contributed by atoms with Crippen molar-refractivity contribution < 1.29 is 23.5 Å². The first-order chi connectivity index (χ1) is 11.6. The first-order valence-electron chi connectivity index (χ1n) is 8.05. The van der Waals surface area contributed by atoms with Crippen LogP contribution in [0.3, 0.4) is 0 Å². The molecule has 0 aliphatic carbocycles. The van der Waals surface area contributed by atoms with Crippen LogP contribution in [-0.2, 0) is 11.4 Å². The van der Waals surface area contributed by atoms with E-state index in [1.54, 1.807) is 4.68 Å². The third kappa shape index (κ3) is 3.04. The van der Waals surface area contributed by atoms with Crippen LogP contribution in [0.15, 0.2) is 22.6 Å². The zero-order chi connectivity index (χ0) is 16.7. The van der Waals surface area contributed by atoms with E-state index in [1.165, 1.54) is 4.90 Å². The molecular formula is C16H20N3O4S+. The van der Waals surface area contributed by atoms with E-state index in [1.807, 2.05) is 18.2 Å². The van der Waals surface area contributed by atoms with Crippen LogP contribution in [0.1, 0.15) is 13.8 Å². The lowest BCUT2D eigenvalue weighted by Gasteiger charge is -2.31. The van der Waals surface area contributed by atoms with Gasteiger partial charge in [0.1, 0.15) is 25.3 Å². The maximum absolute atomic E-state index is 5.78. The van der Waals surface area contributed by atoms with Crippen molar-refractivity contribution in [2.45, 2.75) is 32.7 Å². The molecule has 3 heterocycles. The monoisotopic (exact) mass is 350 g/mol. The molecule has 0 radical (unpaired) electrons. The van der Waals surface area contributed by atoms with Crippen LogP contribution in [0.2, 0.25) is 0 Å². The van der Waals surface area contributed by atoms with E-state index in [0.717, 1.165) is 24.4 Å². The Kier molecular flexibility index (Phi) is 4.03. The van der Waals surface area contributed by atoms with Gasteiger partial charge >= 0.3 is 0 Å². The summed E-state index contributed by atoms with van der Waals surface area (Å²) in [5.74, 6) is 1.93. The topological polar surface area (TPSA) is 63.1 Å². The maximum atomic E-state index is 5.78. The molecule has 1 fully saturated rings. The second-order valence-corrected chi connectivity index (χ2v) is 6.66. The van der Waals surface area contributed by atoms with Crippen LogP contribution < -0.4 is 14.4 Å². The van der Waals surface area contributed by atoms with E-state index in [4.69, 9.17) is 30.8 Å². The highest BCUT2D eigenvalue weighted by Gasteiger charge is 2.26. The number of hydrogen-bond donors (Lipinski definition) is 1. The van der Waals surface area contributed by atoms with E-state index in [-0.39, 0.29) is 19.0 Å². The van der Waals surface area contributed by atoms with Gasteiger partial charge in [0.05, 0.1) is 0 Å². The Morgan fingerprint density at radius 3 is 2.75 bits per heavy atom. The summed E-state index contributed by atoms with van der Waals surface area (Å²) in [6.07, 6.45) is 0.469. The zero-order valence-corrected chi connectivity index (χ0v) is 14.5. The summed E-state index contributed by atoms with van der Waals surface area (Å²) in [6, 6.07) is 5.61. The Balaban J connectivity index is 1.55. The molecule has 1 N–H and O–H groups in total. The van der Waals surface area contributed by atoms with Gasteiger partial charge in [-0.3, -0.25) is 0 Å². The van der Waals surface area contributed by atoms with Crippen molar-refractivity contribution in [1.82, 2.24) is 9.78 Å². The average Bonchev–Trinajstić information content (AvgIpc) is 3.12. The minimum atomic E-state index is 0.234. The Morgan fingerprint density at radius 2 is 1.96 bits per heavy atom. The fraction of sp³-hybridized carbons (Fsp3) is 0.500. The minimum absolute atomic E-state index is 0.234. The number of fused-ring (bicyclic) bond motifs is 1. The largest absolute Gasteiger partial charge is 0.454 e. The molecule has 2 aromatic rings. The molecule has 1 saturated heterocycles. The van der Waals surface area contributed by atoms with Crippen molar-refractivity contribution in [2.24, 2.45) is 0 Å². The molecule has 2 aliphatic heterocycles. The molecule has 7 nitrogen and oxygen atoms in total. The first kappa shape index (κ1) is 15.6. The van der Waals surface area contributed by atoms with Crippen molar-refractivity contribution >= 4 is 12.2 Å². The normalized spacial score (nSPS) is 25.8. The number of rotatable bonds is 3. The van der Waals surface area contributed by atoms with Gasteiger partial charge in [-0.2, -0.15) is 4.68 Å². The number of aromatic nitrogens is 2. The van der Waals surface area contributed by atoms with E-state index < -0.39 is 0 Å². The highest BCUT2D eigenvalue weighted by atomic mass is 32.1. The molecule has 1 aromatic heterocycles. The van der Waals surface area contributed by atoms with Gasteiger partial charge in [0, 0.05) is 5.56 Å². The number of quaternary nitrogens is 1. The molecule has 4 rings (SSSR count). The van der Waals surface area contributed by atoms with E-state index >= 15 is 0 Å². The molecular weight excluding hydrogens is 330 g/mol. The second-order valence-electron chi connectivity index (χ2n) is 6.31. The van der Waals surface area contributed by atoms with Crippen LogP contribution in [0.5, 0.6) is 11.5 Å². The standard InChI is InChI=1S/C16H19N3O4S/c1-10-6-18(7-11(2)22-10)8-19-16(24)23-15(17-19)12-3-4-13-14(5-12)21-9-20-13/h3-5,10-11H,6-9H2,1-2H3/p+1/t10-,11-/m1/s1. The second kappa shape index (κ2) is 6.19. The van der Waals surface area contributed by atoms with Crippen LogP contribution in [-0.4, -0.2) is 41.9 Å². The summed E-state index contributed by atoms with van der Waals surface area (Å²) in [5, 5.41) is 4.54. The van der Waals surface area contributed by atoms with E-state index in [0.29, 0.717) is 23.1 Å². The molecule has 2 atom stereocenters. The molecule has 0 bridgehead atoms. The number of morpholine rings is 1. The molecule has 0 amide bonds. The van der Waals surface area contributed by atoms with Crippen molar-refractivity contribution in [1.29, 1.82) is 0 Å². The first-order valence-corrected chi connectivity index (χ1v) is 8.46. The number of nitrogens with zero attached hydrogens (tertiary/aromatic N) is 2. The highest BCUT2D eigenvalue weighted by Crippen LogP contribution is 2.35. The molecule has 0 saturated carbocycles. The van der Waals surface area contributed by atoms with E-state index in [2.05, 4.69) is 18.9 Å². The lowest BCUT2D eigenvalue weighted by molar-refractivity contribution is -0.937. The summed E-state index contributed by atoms with van der Waals surface area (Å²) in [7, 11) is 0. The molecule has 8 heteroatoms. The Morgan fingerprint density at radius 1 is 1.21 bits per heavy atom. The van der Waals surface area contributed by atoms with Gasteiger partial charge in [-0.05, 0) is 44.3 Å². The predicted octanol–water partition coefficient (Wildman–Crippen LogP) is 1.25. The van der Waals surface area contributed by atoms with Crippen molar-refractivity contribution in [3.05, 3.63) is 23.0 Å². The van der Waals surface area contributed by atoms with Crippen molar-refractivity contribution in [3.63, 3.8) is 0 Å². The lowest BCUT2D eigenvalue weighted by Crippen LogP contribution is -3.14. The van der Waals surface area contributed by atoms with Crippen molar-refractivity contribution in [3.8, 4) is 23.0 Å². The summed E-state index contributed by atoms with van der Waals surface area (Å²) in [4.78, 5) is 1.75. The van der Waals surface area contributed by atoms with Crippen molar-refractivity contribution in [2.75, 3.05) is 19.9 Å². The Bertz CT molecular complexity index is 793. The van der Waals surface area contributed by atoms with Crippen LogP contribution in [0, 0.1) is 4.84 Å². The summed E-state index contributed by atoms with van der Waals surface area (Å²) < 4.78 is 23.9. The Labute approximate surface area is 144 Å². The lowest BCUT2D eigenvalue weighted by atomic mass is 10.2. The maximum Gasteiger partial charge on any atom is 0.292 e.